The van der Waals surface area contributed by atoms with E-state index in [2.05, 4.69) is 153 Å². The molecule has 0 saturated carbocycles. The van der Waals surface area contributed by atoms with Crippen molar-refractivity contribution in [2.75, 3.05) is 0 Å². The van der Waals surface area contributed by atoms with Crippen molar-refractivity contribution in [2.45, 2.75) is 35.8 Å². The van der Waals surface area contributed by atoms with Crippen LogP contribution in [0.4, 0.5) is 0 Å². The number of hydrogen-bond donors (Lipinski definition) is 0. The van der Waals surface area contributed by atoms with Crippen LogP contribution in [0.3, 0.4) is 0 Å². The van der Waals surface area contributed by atoms with Gasteiger partial charge in [-0.1, -0.05) is 140 Å². The summed E-state index contributed by atoms with van der Waals surface area (Å²) in [5.74, 6) is 0.308. The van der Waals surface area contributed by atoms with Crippen LogP contribution in [0, 0.1) is 0 Å². The molecule has 5 aromatic rings. The lowest BCUT2D eigenvalue weighted by Gasteiger charge is -2.30. The number of allylic oxidation sites excluding steroid dienone is 5. The molecule has 0 fully saturated rings. The molecule has 5 aromatic carbocycles. The standard InChI is InChI=1S/C43H34S/c1-3-15-33-30(4-2)40(35-21-10-11-22-36(35)41(33)34-24-14-19-28-18-8-9-20-31(28)34)38-27-26-32(29-16-6-5-7-17-29)43-42(38)37-23-12-13-25-39(37)44-43/h3-7,9-17,19-27,32,43H,2,8,18H2,1H3/b15-3-. The molecule has 2 unspecified atom stereocenters. The first-order chi connectivity index (χ1) is 21.8. The van der Waals surface area contributed by atoms with Crippen LogP contribution < -0.4 is 0 Å². The van der Waals surface area contributed by atoms with E-state index < -0.39 is 0 Å². The predicted molar refractivity (Wildman–Crippen MR) is 193 cm³/mol. The van der Waals surface area contributed by atoms with Crippen molar-refractivity contribution in [1.29, 1.82) is 0 Å². The van der Waals surface area contributed by atoms with Gasteiger partial charge >= 0.3 is 0 Å². The summed E-state index contributed by atoms with van der Waals surface area (Å²) in [6.07, 6.45) is 18.3. The fraction of sp³-hybridized carbons (Fsp3) is 0.116. The molecule has 0 radical (unpaired) electrons. The molecule has 1 aliphatic heterocycles. The van der Waals surface area contributed by atoms with E-state index in [0.717, 1.165) is 12.8 Å². The summed E-state index contributed by atoms with van der Waals surface area (Å²) in [6, 6.07) is 35.8. The first kappa shape index (κ1) is 27.0. The van der Waals surface area contributed by atoms with Crippen molar-refractivity contribution in [3.63, 3.8) is 0 Å². The lowest BCUT2D eigenvalue weighted by Crippen LogP contribution is -2.17. The van der Waals surface area contributed by atoms with E-state index in [-0.39, 0.29) is 0 Å². The largest absolute Gasteiger partial charge is 0.116 e. The van der Waals surface area contributed by atoms with Crippen LogP contribution in [0.15, 0.2) is 133 Å². The zero-order chi connectivity index (χ0) is 29.6. The van der Waals surface area contributed by atoms with Crippen molar-refractivity contribution < 1.29 is 0 Å². The number of thioether (sulfide) groups is 1. The molecule has 2 atom stereocenters. The van der Waals surface area contributed by atoms with Crippen molar-refractivity contribution >= 4 is 51.9 Å². The lowest BCUT2D eigenvalue weighted by atomic mass is 9.76. The molecule has 0 N–H and O–H groups in total. The zero-order valence-electron chi connectivity index (χ0n) is 25.0. The molecule has 0 saturated heterocycles. The highest BCUT2D eigenvalue weighted by atomic mass is 32.2. The van der Waals surface area contributed by atoms with Gasteiger partial charge in [0.05, 0.1) is 0 Å². The predicted octanol–water partition coefficient (Wildman–Crippen LogP) is 11.9. The summed E-state index contributed by atoms with van der Waals surface area (Å²) in [5.41, 5.74) is 14.6. The van der Waals surface area contributed by atoms with E-state index in [9.17, 15) is 0 Å². The molecule has 44 heavy (non-hydrogen) atoms. The summed E-state index contributed by atoms with van der Waals surface area (Å²) in [5, 5.41) is 2.87. The van der Waals surface area contributed by atoms with E-state index in [4.69, 9.17) is 0 Å². The quantitative estimate of drug-likeness (QED) is 0.199. The third-order valence-corrected chi connectivity index (χ3v) is 10.8. The Balaban J connectivity index is 1.47. The maximum Gasteiger partial charge on any atom is 0.0460 e. The third kappa shape index (κ3) is 4.22. The number of rotatable bonds is 5. The Morgan fingerprint density at radius 2 is 1.50 bits per heavy atom. The molecular formula is C43H34S. The van der Waals surface area contributed by atoms with Crippen molar-refractivity contribution in [1.82, 2.24) is 0 Å². The second-order valence-corrected chi connectivity index (χ2v) is 13.0. The molecule has 0 spiro atoms. The first-order valence-corrected chi connectivity index (χ1v) is 16.5. The van der Waals surface area contributed by atoms with Gasteiger partial charge in [0.15, 0.2) is 0 Å². The second kappa shape index (κ2) is 11.2. The number of hydrogen-bond acceptors (Lipinski definition) is 1. The minimum Gasteiger partial charge on any atom is -0.116 e. The minimum absolute atomic E-state index is 0.308. The first-order valence-electron chi connectivity index (χ1n) is 15.6. The minimum atomic E-state index is 0.308. The Kier molecular flexibility index (Phi) is 6.85. The molecule has 1 heteroatoms. The Morgan fingerprint density at radius 1 is 0.750 bits per heavy atom. The molecule has 212 valence electrons. The highest BCUT2D eigenvalue weighted by molar-refractivity contribution is 8.01. The topological polar surface area (TPSA) is 0 Å². The Labute approximate surface area is 264 Å². The van der Waals surface area contributed by atoms with Gasteiger partial charge in [-0.2, -0.15) is 0 Å². The van der Waals surface area contributed by atoms with Gasteiger partial charge in [-0.15, -0.1) is 11.8 Å². The maximum atomic E-state index is 4.45. The SMILES string of the molecule is C=Cc1c(/C=C\C)c(-c2cccc3c2C=CCC3)c2ccccc2c1C1=C2c3ccccc3SC2C(c2ccccc2)C=C1. The molecule has 0 bridgehead atoms. The average Bonchev–Trinajstić information content (AvgIpc) is 3.48. The summed E-state index contributed by atoms with van der Waals surface area (Å²) in [4.78, 5) is 1.37. The Morgan fingerprint density at radius 3 is 2.32 bits per heavy atom. The van der Waals surface area contributed by atoms with Gasteiger partial charge in [-0.05, 0) is 97.8 Å². The lowest BCUT2D eigenvalue weighted by molar-refractivity contribution is 0.893. The van der Waals surface area contributed by atoms with Gasteiger partial charge in [0.1, 0.15) is 0 Å². The summed E-state index contributed by atoms with van der Waals surface area (Å²) < 4.78 is 0. The van der Waals surface area contributed by atoms with E-state index in [1.165, 1.54) is 76.9 Å². The van der Waals surface area contributed by atoms with Gasteiger partial charge in [-0.25, -0.2) is 0 Å². The van der Waals surface area contributed by atoms with Crippen LogP contribution in [0.25, 0.3) is 51.3 Å². The average molecular weight is 583 g/mol. The molecule has 0 aromatic heterocycles. The molecule has 3 aliphatic rings. The van der Waals surface area contributed by atoms with Crippen LogP contribution >= 0.6 is 11.8 Å². The van der Waals surface area contributed by atoms with Gasteiger partial charge in [0.2, 0.25) is 0 Å². The highest BCUT2D eigenvalue weighted by Crippen LogP contribution is 2.57. The van der Waals surface area contributed by atoms with Crippen LogP contribution in [-0.4, -0.2) is 5.25 Å². The Hall–Kier alpha value is -4.59. The second-order valence-electron chi connectivity index (χ2n) is 11.8. The van der Waals surface area contributed by atoms with Gasteiger partial charge in [-0.3, -0.25) is 0 Å². The summed E-state index contributed by atoms with van der Waals surface area (Å²) in [6.45, 7) is 6.57. The van der Waals surface area contributed by atoms with Crippen LogP contribution in [-0.2, 0) is 6.42 Å². The van der Waals surface area contributed by atoms with Crippen molar-refractivity contribution in [3.05, 3.63) is 167 Å². The fourth-order valence-corrected chi connectivity index (χ4v) is 9.06. The van der Waals surface area contributed by atoms with Crippen molar-refractivity contribution in [2.24, 2.45) is 0 Å². The van der Waals surface area contributed by atoms with E-state index in [1.54, 1.807) is 0 Å². The molecule has 0 amide bonds. The molecule has 1 heterocycles. The van der Waals surface area contributed by atoms with Crippen LogP contribution in [0.5, 0.6) is 0 Å². The number of benzene rings is 5. The summed E-state index contributed by atoms with van der Waals surface area (Å²) >= 11 is 2.01. The molecule has 8 rings (SSSR count). The maximum absolute atomic E-state index is 4.45. The van der Waals surface area contributed by atoms with E-state index in [0.29, 0.717) is 11.2 Å². The van der Waals surface area contributed by atoms with E-state index >= 15 is 0 Å². The molecule has 2 aliphatic carbocycles. The van der Waals surface area contributed by atoms with E-state index in [1.807, 2.05) is 11.8 Å². The Bertz CT molecular complexity index is 2070. The molecular weight excluding hydrogens is 549 g/mol. The molecule has 0 nitrogen and oxygen atoms in total. The van der Waals surface area contributed by atoms with Crippen LogP contribution in [0.1, 0.15) is 58.2 Å². The van der Waals surface area contributed by atoms with Crippen LogP contribution in [0.2, 0.25) is 0 Å². The van der Waals surface area contributed by atoms with Gasteiger partial charge < -0.3 is 0 Å². The zero-order valence-corrected chi connectivity index (χ0v) is 25.8. The number of fused-ring (bicyclic) bond motifs is 5. The fourth-order valence-electron chi connectivity index (χ4n) is 7.56. The number of aryl methyl sites for hydroxylation is 1. The smallest absolute Gasteiger partial charge is 0.0460 e. The van der Waals surface area contributed by atoms with Crippen molar-refractivity contribution in [3.8, 4) is 11.1 Å². The monoisotopic (exact) mass is 582 g/mol. The summed E-state index contributed by atoms with van der Waals surface area (Å²) in [7, 11) is 0. The normalized spacial score (nSPS) is 18.5. The highest BCUT2D eigenvalue weighted by Gasteiger charge is 2.38. The third-order valence-electron chi connectivity index (χ3n) is 9.42. The van der Waals surface area contributed by atoms with Gasteiger partial charge in [0, 0.05) is 16.1 Å². The van der Waals surface area contributed by atoms with Gasteiger partial charge in [0.25, 0.3) is 0 Å².